The van der Waals surface area contributed by atoms with Gasteiger partial charge in [0.25, 0.3) is 0 Å². The Bertz CT molecular complexity index is 397. The first-order chi connectivity index (χ1) is 7.60. The summed E-state index contributed by atoms with van der Waals surface area (Å²) in [5.41, 5.74) is 6.78. The van der Waals surface area contributed by atoms with Crippen LogP contribution in [0, 0.1) is 12.7 Å². The van der Waals surface area contributed by atoms with Crippen LogP contribution in [0.15, 0.2) is 12.1 Å². The Morgan fingerprint density at radius 1 is 1.38 bits per heavy atom. The molecule has 0 radical (unpaired) electrons. The highest BCUT2D eigenvalue weighted by Crippen LogP contribution is 2.44. The molecule has 1 aromatic carbocycles. The fourth-order valence-corrected chi connectivity index (χ4v) is 2.73. The van der Waals surface area contributed by atoms with E-state index in [9.17, 15) is 9.50 Å². The van der Waals surface area contributed by atoms with Crippen LogP contribution in [0.1, 0.15) is 36.8 Å². The lowest BCUT2D eigenvalue weighted by Crippen LogP contribution is -2.32. The lowest BCUT2D eigenvalue weighted by molar-refractivity contribution is 0.382. The van der Waals surface area contributed by atoms with Crippen molar-refractivity contribution in [3.63, 3.8) is 0 Å². The number of benzene rings is 1. The summed E-state index contributed by atoms with van der Waals surface area (Å²) in [5, 5.41) is 9.90. The van der Waals surface area contributed by atoms with Crippen molar-refractivity contribution in [2.45, 2.75) is 38.0 Å². The molecular formula is C13H18FNO. The number of rotatable bonds is 2. The van der Waals surface area contributed by atoms with Crippen LogP contribution in [0.25, 0.3) is 0 Å². The summed E-state index contributed by atoms with van der Waals surface area (Å²) in [5.74, 6) is -0.704. The van der Waals surface area contributed by atoms with Crippen LogP contribution in [-0.2, 0) is 5.41 Å². The molecule has 16 heavy (non-hydrogen) atoms. The Labute approximate surface area is 95.3 Å². The molecule has 1 aromatic rings. The molecule has 0 bridgehead atoms. The highest BCUT2D eigenvalue weighted by Gasteiger charge is 2.37. The summed E-state index contributed by atoms with van der Waals surface area (Å²) in [6.07, 6.45) is 4.09. The fourth-order valence-electron chi connectivity index (χ4n) is 2.73. The van der Waals surface area contributed by atoms with E-state index < -0.39 is 5.82 Å². The lowest BCUT2D eigenvalue weighted by Gasteiger charge is -2.28. The van der Waals surface area contributed by atoms with Crippen molar-refractivity contribution in [1.29, 1.82) is 0 Å². The summed E-state index contributed by atoms with van der Waals surface area (Å²) < 4.78 is 13.7. The molecule has 0 atom stereocenters. The Balaban J connectivity index is 2.51. The van der Waals surface area contributed by atoms with E-state index in [1.807, 2.05) is 6.07 Å². The highest BCUT2D eigenvalue weighted by atomic mass is 19.1. The molecular weight excluding hydrogens is 205 g/mol. The number of phenolic OH excluding ortho intramolecular Hbond substituents is 1. The molecule has 0 saturated heterocycles. The molecule has 0 unspecified atom stereocenters. The molecule has 1 aliphatic rings. The summed E-state index contributed by atoms with van der Waals surface area (Å²) >= 11 is 0. The predicted octanol–water partition coefficient (Wildman–Crippen LogP) is 2.61. The van der Waals surface area contributed by atoms with Gasteiger partial charge in [-0.2, -0.15) is 0 Å². The van der Waals surface area contributed by atoms with Crippen molar-refractivity contribution in [3.05, 3.63) is 29.1 Å². The zero-order valence-corrected chi connectivity index (χ0v) is 9.59. The van der Waals surface area contributed by atoms with Crippen LogP contribution >= 0.6 is 0 Å². The number of nitrogens with two attached hydrogens (primary N) is 1. The van der Waals surface area contributed by atoms with Gasteiger partial charge in [-0.25, -0.2) is 4.39 Å². The first-order valence-electron chi connectivity index (χ1n) is 5.79. The van der Waals surface area contributed by atoms with E-state index in [4.69, 9.17) is 5.73 Å². The third kappa shape index (κ3) is 1.59. The van der Waals surface area contributed by atoms with Gasteiger partial charge in [-0.15, -0.1) is 0 Å². The molecule has 0 heterocycles. The van der Waals surface area contributed by atoms with Crippen molar-refractivity contribution in [2.75, 3.05) is 6.54 Å². The van der Waals surface area contributed by atoms with Crippen LogP contribution in [0.4, 0.5) is 4.39 Å². The molecule has 88 valence electrons. The van der Waals surface area contributed by atoms with E-state index in [0.29, 0.717) is 17.7 Å². The molecule has 0 spiro atoms. The van der Waals surface area contributed by atoms with Crippen LogP contribution in [0.2, 0.25) is 0 Å². The number of hydrogen-bond donors (Lipinski definition) is 2. The van der Waals surface area contributed by atoms with Crippen LogP contribution in [-0.4, -0.2) is 11.7 Å². The van der Waals surface area contributed by atoms with Gasteiger partial charge in [0.15, 0.2) is 11.6 Å². The molecule has 0 aromatic heterocycles. The number of hydrogen-bond acceptors (Lipinski definition) is 2. The number of halogens is 1. The molecule has 1 fully saturated rings. The zero-order chi connectivity index (χ0) is 11.8. The van der Waals surface area contributed by atoms with E-state index in [1.54, 1.807) is 13.0 Å². The average molecular weight is 223 g/mol. The second-order valence-electron chi connectivity index (χ2n) is 4.78. The van der Waals surface area contributed by atoms with Crippen molar-refractivity contribution in [2.24, 2.45) is 5.73 Å². The third-order valence-corrected chi connectivity index (χ3v) is 3.83. The summed E-state index contributed by atoms with van der Waals surface area (Å²) in [6, 6.07) is 3.55. The first-order valence-corrected chi connectivity index (χ1v) is 5.79. The fraction of sp³-hybridized carbons (Fsp3) is 0.538. The van der Waals surface area contributed by atoms with Gasteiger partial charge in [-0.1, -0.05) is 25.0 Å². The predicted molar refractivity (Wildman–Crippen MR) is 62.0 cm³/mol. The van der Waals surface area contributed by atoms with Crippen LogP contribution in [0.3, 0.4) is 0 Å². The number of aryl methyl sites for hydroxylation is 1. The van der Waals surface area contributed by atoms with E-state index in [0.717, 1.165) is 25.7 Å². The molecule has 1 saturated carbocycles. The second-order valence-corrected chi connectivity index (χ2v) is 4.78. The van der Waals surface area contributed by atoms with Gasteiger partial charge < -0.3 is 10.8 Å². The van der Waals surface area contributed by atoms with Crippen molar-refractivity contribution in [1.82, 2.24) is 0 Å². The number of phenols is 1. The first kappa shape index (κ1) is 11.4. The topological polar surface area (TPSA) is 46.2 Å². The minimum Gasteiger partial charge on any atom is -0.505 e. The Morgan fingerprint density at radius 2 is 2.00 bits per heavy atom. The van der Waals surface area contributed by atoms with Crippen molar-refractivity contribution in [3.8, 4) is 5.75 Å². The van der Waals surface area contributed by atoms with Gasteiger partial charge in [0.05, 0.1) is 0 Å². The minimum atomic E-state index is -0.503. The summed E-state index contributed by atoms with van der Waals surface area (Å²) in [7, 11) is 0. The quantitative estimate of drug-likeness (QED) is 0.809. The Hall–Kier alpha value is -1.09. The Kier molecular flexibility index (Phi) is 2.89. The second kappa shape index (κ2) is 4.06. The molecule has 1 aliphatic carbocycles. The van der Waals surface area contributed by atoms with Gasteiger partial charge in [0.2, 0.25) is 0 Å². The normalized spacial score (nSPS) is 18.9. The van der Waals surface area contributed by atoms with Gasteiger partial charge in [0, 0.05) is 17.5 Å². The van der Waals surface area contributed by atoms with E-state index in [1.165, 1.54) is 0 Å². The SMILES string of the molecule is Cc1ccc(C2(CN)CCCC2)c(O)c1F. The third-order valence-electron chi connectivity index (χ3n) is 3.83. The maximum Gasteiger partial charge on any atom is 0.168 e. The molecule has 2 rings (SSSR count). The van der Waals surface area contributed by atoms with Crippen molar-refractivity contribution >= 4 is 0 Å². The maximum absolute atomic E-state index is 13.7. The maximum atomic E-state index is 13.7. The van der Waals surface area contributed by atoms with E-state index in [-0.39, 0.29) is 11.2 Å². The lowest BCUT2D eigenvalue weighted by atomic mass is 9.78. The average Bonchev–Trinajstić information content (AvgIpc) is 2.76. The molecule has 0 amide bonds. The zero-order valence-electron chi connectivity index (χ0n) is 9.59. The van der Waals surface area contributed by atoms with E-state index in [2.05, 4.69) is 0 Å². The molecule has 3 N–H and O–H groups in total. The van der Waals surface area contributed by atoms with Gasteiger partial charge >= 0.3 is 0 Å². The largest absolute Gasteiger partial charge is 0.505 e. The van der Waals surface area contributed by atoms with Gasteiger partial charge in [-0.3, -0.25) is 0 Å². The minimum absolute atomic E-state index is 0.202. The van der Waals surface area contributed by atoms with E-state index >= 15 is 0 Å². The van der Waals surface area contributed by atoms with Crippen molar-refractivity contribution < 1.29 is 9.50 Å². The standard InChI is InChI=1S/C13H18FNO/c1-9-4-5-10(12(16)11(9)14)13(8-15)6-2-3-7-13/h4-5,16H,2-3,6-8,15H2,1H3. The molecule has 0 aliphatic heterocycles. The monoisotopic (exact) mass is 223 g/mol. The molecule has 2 nitrogen and oxygen atoms in total. The molecule has 3 heteroatoms. The van der Waals surface area contributed by atoms with Crippen LogP contribution in [0.5, 0.6) is 5.75 Å². The number of aromatic hydroxyl groups is 1. The Morgan fingerprint density at radius 3 is 2.56 bits per heavy atom. The van der Waals surface area contributed by atoms with Crippen LogP contribution < -0.4 is 5.73 Å². The summed E-state index contributed by atoms with van der Waals surface area (Å²) in [6.45, 7) is 2.13. The van der Waals surface area contributed by atoms with Gasteiger partial charge in [-0.05, 0) is 25.3 Å². The highest BCUT2D eigenvalue weighted by molar-refractivity contribution is 5.43. The smallest absolute Gasteiger partial charge is 0.168 e. The van der Waals surface area contributed by atoms with Gasteiger partial charge in [0.1, 0.15) is 0 Å². The summed E-state index contributed by atoms with van der Waals surface area (Å²) in [4.78, 5) is 0.